The van der Waals surface area contributed by atoms with Crippen LogP contribution in [0.5, 0.6) is 0 Å². The molecule has 1 unspecified atom stereocenters. The van der Waals surface area contributed by atoms with E-state index in [1.54, 1.807) is 11.3 Å². The summed E-state index contributed by atoms with van der Waals surface area (Å²) in [6.07, 6.45) is 2.04. The number of thiophene rings is 1. The summed E-state index contributed by atoms with van der Waals surface area (Å²) in [6, 6.07) is 4.31. The summed E-state index contributed by atoms with van der Waals surface area (Å²) in [5.74, 6) is 0.258. The second kappa shape index (κ2) is 6.65. The van der Waals surface area contributed by atoms with Crippen LogP contribution in [0.1, 0.15) is 23.6 Å². The van der Waals surface area contributed by atoms with Crippen molar-refractivity contribution in [3.63, 3.8) is 0 Å². The van der Waals surface area contributed by atoms with Gasteiger partial charge in [-0.1, -0.05) is 0 Å². The topological polar surface area (TPSA) is 49.8 Å². The maximum absolute atomic E-state index is 13.7. The van der Waals surface area contributed by atoms with Gasteiger partial charge in [-0.3, -0.25) is 0 Å². The van der Waals surface area contributed by atoms with Gasteiger partial charge < -0.3 is 10.6 Å². The van der Waals surface area contributed by atoms with Gasteiger partial charge in [0.25, 0.3) is 0 Å². The zero-order valence-corrected chi connectivity index (χ0v) is 12.7. The Morgan fingerprint density at radius 3 is 2.85 bits per heavy atom. The Bertz CT molecular complexity index is 570. The molecule has 0 fully saturated rings. The van der Waals surface area contributed by atoms with Crippen molar-refractivity contribution in [3.8, 4) is 0 Å². The SMILES string of the molecule is CCNc1ncc(F)c(NC(C)Cc2ccc(C)s2)n1. The van der Waals surface area contributed by atoms with Crippen molar-refractivity contribution in [2.75, 3.05) is 17.2 Å². The molecule has 2 rings (SSSR count). The number of hydrogen-bond donors (Lipinski definition) is 2. The first-order valence-electron chi connectivity index (χ1n) is 6.66. The Balaban J connectivity index is 2.02. The number of aryl methyl sites for hydroxylation is 1. The lowest BCUT2D eigenvalue weighted by Gasteiger charge is -2.14. The van der Waals surface area contributed by atoms with Crippen LogP contribution in [-0.4, -0.2) is 22.6 Å². The molecule has 0 amide bonds. The molecule has 20 heavy (non-hydrogen) atoms. The van der Waals surface area contributed by atoms with Crippen molar-refractivity contribution in [3.05, 3.63) is 33.9 Å². The molecule has 0 radical (unpaired) electrons. The summed E-state index contributed by atoms with van der Waals surface area (Å²) in [7, 11) is 0. The molecule has 0 aliphatic rings. The maximum atomic E-state index is 13.7. The van der Waals surface area contributed by atoms with Crippen molar-refractivity contribution in [1.29, 1.82) is 0 Å². The molecule has 4 nitrogen and oxygen atoms in total. The van der Waals surface area contributed by atoms with Gasteiger partial charge in [-0.2, -0.15) is 4.98 Å². The van der Waals surface area contributed by atoms with Crippen LogP contribution in [-0.2, 0) is 6.42 Å². The Kier molecular flexibility index (Phi) is 4.89. The van der Waals surface area contributed by atoms with Crippen LogP contribution in [0.25, 0.3) is 0 Å². The molecule has 0 spiro atoms. The van der Waals surface area contributed by atoms with Gasteiger partial charge in [-0.15, -0.1) is 11.3 Å². The molecule has 2 aromatic rings. The molecule has 2 aromatic heterocycles. The number of halogens is 1. The summed E-state index contributed by atoms with van der Waals surface area (Å²) < 4.78 is 13.7. The van der Waals surface area contributed by atoms with Crippen LogP contribution in [0.15, 0.2) is 18.3 Å². The zero-order chi connectivity index (χ0) is 14.5. The first-order valence-corrected chi connectivity index (χ1v) is 7.48. The van der Waals surface area contributed by atoms with Crippen molar-refractivity contribution in [2.45, 2.75) is 33.2 Å². The molecule has 0 aliphatic heterocycles. The maximum Gasteiger partial charge on any atom is 0.224 e. The van der Waals surface area contributed by atoms with E-state index in [-0.39, 0.29) is 11.9 Å². The molecule has 0 saturated heterocycles. The molecule has 6 heteroatoms. The molecule has 1 atom stereocenters. The average molecular weight is 294 g/mol. The number of nitrogens with zero attached hydrogens (tertiary/aromatic N) is 2. The van der Waals surface area contributed by atoms with E-state index in [1.807, 2.05) is 13.8 Å². The fraction of sp³-hybridized carbons (Fsp3) is 0.429. The summed E-state index contributed by atoms with van der Waals surface area (Å²) >= 11 is 1.76. The predicted molar refractivity (Wildman–Crippen MR) is 82.0 cm³/mol. The fourth-order valence-corrected chi connectivity index (χ4v) is 2.91. The predicted octanol–water partition coefficient (Wildman–Crippen LogP) is 3.46. The highest BCUT2D eigenvalue weighted by Gasteiger charge is 2.11. The minimum atomic E-state index is -0.430. The van der Waals surface area contributed by atoms with E-state index in [2.05, 4.69) is 39.7 Å². The summed E-state index contributed by atoms with van der Waals surface area (Å²) in [4.78, 5) is 10.6. The van der Waals surface area contributed by atoms with Gasteiger partial charge in [-0.05, 0) is 32.9 Å². The van der Waals surface area contributed by atoms with E-state index in [1.165, 1.54) is 16.0 Å². The largest absolute Gasteiger partial charge is 0.365 e. The van der Waals surface area contributed by atoms with Crippen LogP contribution in [0, 0.1) is 12.7 Å². The summed E-state index contributed by atoms with van der Waals surface area (Å²) in [5.41, 5.74) is 0. The lowest BCUT2D eigenvalue weighted by molar-refractivity contribution is 0.612. The minimum absolute atomic E-state index is 0.104. The summed E-state index contributed by atoms with van der Waals surface area (Å²) in [6.45, 7) is 6.75. The van der Waals surface area contributed by atoms with Gasteiger partial charge >= 0.3 is 0 Å². The van der Waals surface area contributed by atoms with Gasteiger partial charge in [0.2, 0.25) is 5.95 Å². The van der Waals surface area contributed by atoms with Crippen LogP contribution < -0.4 is 10.6 Å². The third-order valence-corrected chi connectivity index (χ3v) is 3.79. The molecule has 0 aromatic carbocycles. The van der Waals surface area contributed by atoms with E-state index < -0.39 is 5.82 Å². The molecular formula is C14H19FN4S. The van der Waals surface area contributed by atoms with Crippen LogP contribution in [0.3, 0.4) is 0 Å². The van der Waals surface area contributed by atoms with Gasteiger partial charge in [0, 0.05) is 28.8 Å². The van der Waals surface area contributed by atoms with Gasteiger partial charge in [0.05, 0.1) is 6.20 Å². The van der Waals surface area contributed by atoms with Crippen molar-refractivity contribution in [2.24, 2.45) is 0 Å². The first kappa shape index (κ1) is 14.7. The van der Waals surface area contributed by atoms with Crippen LogP contribution >= 0.6 is 11.3 Å². The normalized spacial score (nSPS) is 12.2. The van der Waals surface area contributed by atoms with Crippen LogP contribution in [0.2, 0.25) is 0 Å². The molecule has 2 heterocycles. The highest BCUT2D eigenvalue weighted by molar-refractivity contribution is 7.11. The average Bonchev–Trinajstić information content (AvgIpc) is 2.79. The number of aromatic nitrogens is 2. The Morgan fingerprint density at radius 1 is 1.40 bits per heavy atom. The number of rotatable bonds is 6. The second-order valence-corrected chi connectivity index (χ2v) is 6.05. The van der Waals surface area contributed by atoms with Crippen LogP contribution in [0.4, 0.5) is 16.2 Å². The fourth-order valence-electron chi connectivity index (χ4n) is 1.89. The number of nitrogens with one attached hydrogen (secondary N) is 2. The molecule has 2 N–H and O–H groups in total. The Morgan fingerprint density at radius 2 is 2.20 bits per heavy atom. The quantitative estimate of drug-likeness (QED) is 0.856. The molecular weight excluding hydrogens is 275 g/mol. The Hall–Kier alpha value is -1.69. The van der Waals surface area contributed by atoms with E-state index in [9.17, 15) is 4.39 Å². The van der Waals surface area contributed by atoms with Gasteiger partial charge in [0.15, 0.2) is 11.6 Å². The van der Waals surface area contributed by atoms with E-state index in [0.29, 0.717) is 12.5 Å². The van der Waals surface area contributed by atoms with Gasteiger partial charge in [0.1, 0.15) is 0 Å². The van der Waals surface area contributed by atoms with E-state index in [4.69, 9.17) is 0 Å². The monoisotopic (exact) mass is 294 g/mol. The van der Waals surface area contributed by atoms with Crippen molar-refractivity contribution < 1.29 is 4.39 Å². The van der Waals surface area contributed by atoms with Crippen molar-refractivity contribution >= 4 is 23.1 Å². The zero-order valence-electron chi connectivity index (χ0n) is 11.9. The third-order valence-electron chi connectivity index (χ3n) is 2.77. The molecule has 0 aliphatic carbocycles. The highest BCUT2D eigenvalue weighted by atomic mass is 32.1. The summed E-state index contributed by atoms with van der Waals surface area (Å²) in [5, 5.41) is 6.08. The van der Waals surface area contributed by atoms with E-state index >= 15 is 0 Å². The lowest BCUT2D eigenvalue weighted by atomic mass is 10.2. The standard InChI is InChI=1S/C14H19FN4S/c1-4-16-14-17-8-12(15)13(19-14)18-9(2)7-11-6-5-10(3)20-11/h5-6,8-9H,4,7H2,1-3H3,(H2,16,17,18,19). The Labute approximate surface area is 122 Å². The van der Waals surface area contributed by atoms with E-state index in [0.717, 1.165) is 6.42 Å². The van der Waals surface area contributed by atoms with Crippen molar-refractivity contribution in [1.82, 2.24) is 9.97 Å². The first-order chi connectivity index (χ1) is 9.58. The molecule has 0 bridgehead atoms. The molecule has 0 saturated carbocycles. The minimum Gasteiger partial charge on any atom is -0.365 e. The lowest BCUT2D eigenvalue weighted by Crippen LogP contribution is -2.20. The highest BCUT2D eigenvalue weighted by Crippen LogP contribution is 2.19. The smallest absolute Gasteiger partial charge is 0.224 e. The number of anilines is 2. The second-order valence-electron chi connectivity index (χ2n) is 4.68. The third kappa shape index (κ3) is 3.90. The number of hydrogen-bond acceptors (Lipinski definition) is 5. The molecule has 108 valence electrons. The van der Waals surface area contributed by atoms with Gasteiger partial charge in [-0.25, -0.2) is 9.37 Å².